The minimum Gasteiger partial charge on any atom is -0.322 e. The topological polar surface area (TPSA) is 81.1 Å². The van der Waals surface area contributed by atoms with E-state index < -0.39 is 27.9 Å². The summed E-state index contributed by atoms with van der Waals surface area (Å²) in [5.41, 5.74) is 0.236. The molecule has 0 bridgehead atoms. The van der Waals surface area contributed by atoms with Crippen molar-refractivity contribution in [1.82, 2.24) is 9.78 Å². The number of hydrogen-bond donors (Lipinski definition) is 1. The molecule has 1 aromatic heterocycles. The van der Waals surface area contributed by atoms with Crippen molar-refractivity contribution in [3.8, 4) is 0 Å². The summed E-state index contributed by atoms with van der Waals surface area (Å²) in [4.78, 5) is 12.4. The lowest BCUT2D eigenvalue weighted by molar-refractivity contribution is 0.100. The van der Waals surface area contributed by atoms with E-state index in [4.69, 9.17) is 0 Å². The molecule has 0 unspecified atom stereocenters. The van der Waals surface area contributed by atoms with Crippen molar-refractivity contribution in [2.24, 2.45) is 7.05 Å². The highest BCUT2D eigenvalue weighted by Crippen LogP contribution is 2.27. The van der Waals surface area contributed by atoms with Gasteiger partial charge in [0.15, 0.2) is 9.84 Å². The molecule has 152 valence electrons. The van der Waals surface area contributed by atoms with Crippen LogP contribution in [0.25, 0.3) is 0 Å². The monoisotopic (exact) mass is 411 g/mol. The predicted octanol–water partition coefficient (Wildman–Crippen LogP) is 3.86. The van der Waals surface area contributed by atoms with Crippen LogP contribution >= 0.6 is 0 Å². The second kappa shape index (κ2) is 8.38. The van der Waals surface area contributed by atoms with E-state index in [1.807, 2.05) is 0 Å². The van der Waals surface area contributed by atoms with Crippen LogP contribution in [0.5, 0.6) is 0 Å². The number of carbonyl (C=O) groups excluding carboxylic acids is 1. The Balaban J connectivity index is 1.74. The first-order valence-corrected chi connectivity index (χ1v) is 10.9. The van der Waals surface area contributed by atoms with Crippen LogP contribution in [0.4, 0.5) is 14.5 Å². The van der Waals surface area contributed by atoms with Gasteiger partial charge in [0.2, 0.25) is 0 Å². The van der Waals surface area contributed by atoms with Gasteiger partial charge in [-0.1, -0.05) is 31.4 Å². The minimum absolute atomic E-state index is 0.101. The molecule has 0 aliphatic heterocycles. The maximum atomic E-state index is 13.1. The van der Waals surface area contributed by atoms with E-state index in [9.17, 15) is 22.0 Å². The maximum absolute atomic E-state index is 13.1. The van der Waals surface area contributed by atoms with Crippen LogP contribution < -0.4 is 5.32 Å². The van der Waals surface area contributed by atoms with Gasteiger partial charge in [-0.15, -0.1) is 0 Å². The number of nitrogens with zero attached hydrogens (tertiary/aromatic N) is 2. The summed E-state index contributed by atoms with van der Waals surface area (Å²) in [6, 6.07) is 6.48. The zero-order valence-corrected chi connectivity index (χ0v) is 16.4. The van der Waals surface area contributed by atoms with E-state index >= 15 is 0 Å². The van der Waals surface area contributed by atoms with Gasteiger partial charge in [-0.05, 0) is 30.5 Å². The Bertz CT molecular complexity index is 951. The smallest absolute Gasteiger partial charge is 0.280 e. The summed E-state index contributed by atoms with van der Waals surface area (Å²) >= 11 is 0. The molecule has 1 amide bonds. The fourth-order valence-electron chi connectivity index (χ4n) is 3.59. The van der Waals surface area contributed by atoms with Gasteiger partial charge >= 0.3 is 0 Å². The normalized spacial score (nSPS) is 15.7. The SMILES string of the molecule is Cn1ncc(C(=O)Nc2cccc(CS(=O)(=O)C3CCCCC3)c2)c1C(F)F. The molecule has 9 heteroatoms. The van der Waals surface area contributed by atoms with E-state index in [2.05, 4.69) is 10.4 Å². The lowest BCUT2D eigenvalue weighted by atomic mass is 10.0. The minimum atomic E-state index is -3.27. The molecule has 1 aromatic carbocycles. The molecule has 1 heterocycles. The number of aromatic nitrogens is 2. The lowest BCUT2D eigenvalue weighted by Gasteiger charge is -2.21. The molecule has 6 nitrogen and oxygen atoms in total. The Labute approximate surface area is 162 Å². The molecule has 1 aliphatic rings. The summed E-state index contributed by atoms with van der Waals surface area (Å²) in [6.07, 6.45) is 2.57. The molecule has 1 saturated carbocycles. The van der Waals surface area contributed by atoms with Crippen molar-refractivity contribution in [1.29, 1.82) is 0 Å². The highest BCUT2D eigenvalue weighted by molar-refractivity contribution is 7.91. The van der Waals surface area contributed by atoms with Crippen LogP contribution in [-0.4, -0.2) is 29.4 Å². The van der Waals surface area contributed by atoms with E-state index in [-0.39, 0.29) is 16.6 Å². The number of anilines is 1. The number of sulfone groups is 1. The van der Waals surface area contributed by atoms with Crippen LogP contribution in [-0.2, 0) is 22.6 Å². The van der Waals surface area contributed by atoms with Crippen LogP contribution in [0.3, 0.4) is 0 Å². The molecule has 28 heavy (non-hydrogen) atoms. The van der Waals surface area contributed by atoms with Crippen LogP contribution in [0.15, 0.2) is 30.5 Å². The number of carbonyl (C=O) groups is 1. The second-order valence-electron chi connectivity index (χ2n) is 7.09. The Morgan fingerprint density at radius 2 is 2.00 bits per heavy atom. The van der Waals surface area contributed by atoms with Gasteiger partial charge in [-0.2, -0.15) is 5.10 Å². The molecule has 0 radical (unpaired) electrons. The molecule has 1 aliphatic carbocycles. The average Bonchev–Trinajstić information content (AvgIpc) is 3.04. The summed E-state index contributed by atoms with van der Waals surface area (Å²) in [7, 11) is -1.93. The zero-order chi connectivity index (χ0) is 20.3. The van der Waals surface area contributed by atoms with Gasteiger partial charge < -0.3 is 5.32 Å². The van der Waals surface area contributed by atoms with Crippen LogP contribution in [0.2, 0.25) is 0 Å². The molecule has 0 atom stereocenters. The van der Waals surface area contributed by atoms with Crippen molar-refractivity contribution in [2.45, 2.75) is 49.5 Å². The number of aryl methyl sites for hydroxylation is 1. The molecule has 3 rings (SSSR count). The number of hydrogen-bond acceptors (Lipinski definition) is 4. The third-order valence-electron chi connectivity index (χ3n) is 5.05. The predicted molar refractivity (Wildman–Crippen MR) is 102 cm³/mol. The number of rotatable bonds is 6. The molecule has 1 N–H and O–H groups in total. The second-order valence-corrected chi connectivity index (χ2v) is 9.37. The van der Waals surface area contributed by atoms with Gasteiger partial charge in [0.1, 0.15) is 5.69 Å². The van der Waals surface area contributed by atoms with E-state index in [1.165, 1.54) is 7.05 Å². The Hall–Kier alpha value is -2.29. The number of halogens is 2. The lowest BCUT2D eigenvalue weighted by Crippen LogP contribution is -2.25. The number of amides is 1. The fourth-order valence-corrected chi connectivity index (χ4v) is 5.52. The Morgan fingerprint density at radius 3 is 2.68 bits per heavy atom. The van der Waals surface area contributed by atoms with Crippen molar-refractivity contribution in [3.63, 3.8) is 0 Å². The van der Waals surface area contributed by atoms with E-state index in [0.29, 0.717) is 24.1 Å². The number of alkyl halides is 2. The highest BCUT2D eigenvalue weighted by atomic mass is 32.2. The first-order valence-electron chi connectivity index (χ1n) is 9.20. The van der Waals surface area contributed by atoms with E-state index in [0.717, 1.165) is 30.1 Å². The molecule has 0 saturated heterocycles. The summed E-state index contributed by atoms with van der Waals surface area (Å²) < 4.78 is 52.5. The molecule has 0 spiro atoms. The van der Waals surface area contributed by atoms with Crippen molar-refractivity contribution >= 4 is 21.4 Å². The van der Waals surface area contributed by atoms with Gasteiger partial charge in [0, 0.05) is 12.7 Å². The van der Waals surface area contributed by atoms with Gasteiger partial charge in [0.05, 0.1) is 22.8 Å². The van der Waals surface area contributed by atoms with Gasteiger partial charge in [0.25, 0.3) is 12.3 Å². The first kappa shape index (κ1) is 20.4. The van der Waals surface area contributed by atoms with E-state index in [1.54, 1.807) is 24.3 Å². The summed E-state index contributed by atoms with van der Waals surface area (Å²) in [6.45, 7) is 0. The molecule has 2 aromatic rings. The van der Waals surface area contributed by atoms with Crippen molar-refractivity contribution < 1.29 is 22.0 Å². The molecular formula is C19H23F2N3O3S. The maximum Gasteiger partial charge on any atom is 0.280 e. The Kier molecular flexibility index (Phi) is 6.12. The standard InChI is InChI=1S/C19H23F2N3O3S/c1-24-17(18(20)21)16(11-22-24)19(25)23-14-7-5-6-13(10-14)12-28(26,27)15-8-3-2-4-9-15/h5-7,10-11,15,18H,2-4,8-9,12H2,1H3,(H,23,25). The average molecular weight is 411 g/mol. The number of nitrogens with one attached hydrogen (secondary N) is 1. The molecular weight excluding hydrogens is 388 g/mol. The quantitative estimate of drug-likeness (QED) is 0.783. The largest absolute Gasteiger partial charge is 0.322 e. The van der Waals surface area contributed by atoms with Gasteiger partial charge in [-0.25, -0.2) is 17.2 Å². The summed E-state index contributed by atoms with van der Waals surface area (Å²) in [5, 5.41) is 5.95. The summed E-state index contributed by atoms with van der Waals surface area (Å²) in [5.74, 6) is -0.813. The van der Waals surface area contributed by atoms with Crippen molar-refractivity contribution in [3.05, 3.63) is 47.3 Å². The van der Waals surface area contributed by atoms with Crippen molar-refractivity contribution in [2.75, 3.05) is 5.32 Å². The fraction of sp³-hybridized carbons (Fsp3) is 0.474. The highest BCUT2D eigenvalue weighted by Gasteiger charge is 2.27. The first-order chi connectivity index (χ1) is 13.3. The zero-order valence-electron chi connectivity index (χ0n) is 15.6. The third kappa shape index (κ3) is 4.57. The number of benzene rings is 1. The molecule has 1 fully saturated rings. The van der Waals surface area contributed by atoms with Gasteiger partial charge in [-0.3, -0.25) is 9.48 Å². The third-order valence-corrected chi connectivity index (χ3v) is 7.27. The van der Waals surface area contributed by atoms with Crippen LogP contribution in [0, 0.1) is 0 Å². The Morgan fingerprint density at radius 1 is 1.29 bits per heavy atom. The van der Waals surface area contributed by atoms with Crippen LogP contribution in [0.1, 0.15) is 60.1 Å².